The van der Waals surface area contributed by atoms with Crippen molar-refractivity contribution in [2.24, 2.45) is 5.92 Å². The molecule has 1 aliphatic rings. The number of hydrogen-bond acceptors (Lipinski definition) is 1. The van der Waals surface area contributed by atoms with Crippen molar-refractivity contribution in [3.05, 3.63) is 29.0 Å². The van der Waals surface area contributed by atoms with Gasteiger partial charge in [0.15, 0.2) is 0 Å². The molecular weight excluding hydrogens is 252 g/mol. The van der Waals surface area contributed by atoms with E-state index in [0.717, 1.165) is 0 Å². The fraction of sp³-hybridized carbons (Fsp3) is 0.364. The predicted octanol–water partition coefficient (Wildman–Crippen LogP) is 3.07. The first-order valence-corrected chi connectivity index (χ1v) is 5.85. The molecule has 0 saturated carbocycles. The Labute approximate surface area is 103 Å². The van der Waals surface area contributed by atoms with Crippen LogP contribution in [-0.4, -0.2) is 18.3 Å². The van der Waals surface area contributed by atoms with E-state index in [2.05, 4.69) is 0 Å². The van der Waals surface area contributed by atoms with Crippen molar-refractivity contribution >= 4 is 34.8 Å². The molecule has 5 heteroatoms. The minimum Gasteiger partial charge on any atom is -0.310 e. The Morgan fingerprint density at radius 1 is 1.50 bits per heavy atom. The molecular formula is C11H10Cl2FNO. The number of alkyl halides is 1. The zero-order chi connectivity index (χ0) is 11.7. The molecule has 1 amide bonds. The molecule has 1 atom stereocenters. The van der Waals surface area contributed by atoms with Crippen LogP contribution >= 0.6 is 23.2 Å². The van der Waals surface area contributed by atoms with E-state index in [1.54, 1.807) is 6.07 Å². The second-order valence-corrected chi connectivity index (χ2v) is 4.49. The third-order valence-electron chi connectivity index (χ3n) is 2.65. The first-order valence-electron chi connectivity index (χ1n) is 4.94. The van der Waals surface area contributed by atoms with Gasteiger partial charge in [-0.1, -0.05) is 17.7 Å². The quantitative estimate of drug-likeness (QED) is 0.750. The van der Waals surface area contributed by atoms with Gasteiger partial charge in [-0.2, -0.15) is 0 Å². The Morgan fingerprint density at radius 2 is 2.25 bits per heavy atom. The molecule has 1 fully saturated rings. The number of carbonyl (C=O) groups is 1. The summed E-state index contributed by atoms with van der Waals surface area (Å²) in [4.78, 5) is 13.2. The number of halogens is 3. The highest BCUT2D eigenvalue weighted by Crippen LogP contribution is 2.32. The van der Waals surface area contributed by atoms with Gasteiger partial charge in [-0.3, -0.25) is 4.79 Å². The van der Waals surface area contributed by atoms with Crippen LogP contribution in [0.1, 0.15) is 6.42 Å². The van der Waals surface area contributed by atoms with E-state index in [1.165, 1.54) is 17.0 Å². The molecule has 16 heavy (non-hydrogen) atoms. The largest absolute Gasteiger partial charge is 0.310 e. The maximum Gasteiger partial charge on any atom is 0.227 e. The Morgan fingerprint density at radius 3 is 2.88 bits per heavy atom. The molecule has 1 aromatic carbocycles. The van der Waals surface area contributed by atoms with Gasteiger partial charge in [-0.15, -0.1) is 11.6 Å². The van der Waals surface area contributed by atoms with Crippen LogP contribution in [-0.2, 0) is 4.79 Å². The van der Waals surface area contributed by atoms with E-state index in [-0.39, 0.29) is 16.8 Å². The van der Waals surface area contributed by atoms with Crippen LogP contribution in [0.3, 0.4) is 0 Å². The highest BCUT2D eigenvalue weighted by molar-refractivity contribution is 6.34. The molecule has 1 aromatic rings. The number of amides is 1. The summed E-state index contributed by atoms with van der Waals surface area (Å²) in [5.41, 5.74) is 0.430. The Kier molecular flexibility index (Phi) is 3.36. The lowest BCUT2D eigenvalue weighted by atomic mass is 10.1. The highest BCUT2D eigenvalue weighted by Gasteiger charge is 2.31. The lowest BCUT2D eigenvalue weighted by Gasteiger charge is -2.17. The van der Waals surface area contributed by atoms with Crippen LogP contribution in [0.4, 0.5) is 10.1 Å². The van der Waals surface area contributed by atoms with E-state index >= 15 is 0 Å². The Balaban J connectivity index is 2.31. The van der Waals surface area contributed by atoms with Crippen LogP contribution in [0.15, 0.2) is 18.2 Å². The molecule has 0 spiro atoms. The summed E-state index contributed by atoms with van der Waals surface area (Å²) in [6.07, 6.45) is 0.399. The topological polar surface area (TPSA) is 20.3 Å². The number of benzene rings is 1. The van der Waals surface area contributed by atoms with Gasteiger partial charge in [-0.25, -0.2) is 4.39 Å². The van der Waals surface area contributed by atoms with Crippen molar-refractivity contribution < 1.29 is 9.18 Å². The van der Waals surface area contributed by atoms with Crippen LogP contribution in [0.2, 0.25) is 5.02 Å². The van der Waals surface area contributed by atoms with Gasteiger partial charge in [-0.05, 0) is 18.1 Å². The Bertz CT molecular complexity index is 424. The molecule has 0 N–H and O–H groups in total. The van der Waals surface area contributed by atoms with Gasteiger partial charge < -0.3 is 4.90 Å². The van der Waals surface area contributed by atoms with E-state index < -0.39 is 5.82 Å². The van der Waals surface area contributed by atoms with Crippen LogP contribution in [0.5, 0.6) is 0 Å². The predicted molar refractivity (Wildman–Crippen MR) is 62.6 cm³/mol. The minimum atomic E-state index is -0.513. The van der Waals surface area contributed by atoms with E-state index in [4.69, 9.17) is 23.2 Å². The van der Waals surface area contributed by atoms with E-state index in [1.807, 2.05) is 0 Å². The summed E-state index contributed by atoms with van der Waals surface area (Å²) in [5, 5.41) is -0.00827. The van der Waals surface area contributed by atoms with Gasteiger partial charge in [0.2, 0.25) is 5.91 Å². The van der Waals surface area contributed by atoms with Crippen molar-refractivity contribution in [2.75, 3.05) is 17.3 Å². The van der Waals surface area contributed by atoms with Crippen LogP contribution in [0.25, 0.3) is 0 Å². The summed E-state index contributed by atoms with van der Waals surface area (Å²) in [6, 6.07) is 4.45. The summed E-state index contributed by atoms with van der Waals surface area (Å²) in [7, 11) is 0. The standard InChI is InChI=1S/C11H10Cl2FNO/c12-5-7-4-10(16)15(6-7)9-3-1-2-8(14)11(9)13/h1-3,7H,4-6H2. The normalized spacial score (nSPS) is 20.6. The van der Waals surface area contributed by atoms with Crippen LogP contribution in [0, 0.1) is 11.7 Å². The van der Waals surface area contributed by atoms with Crippen molar-refractivity contribution in [3.63, 3.8) is 0 Å². The van der Waals surface area contributed by atoms with Gasteiger partial charge >= 0.3 is 0 Å². The van der Waals surface area contributed by atoms with Gasteiger partial charge in [0, 0.05) is 18.8 Å². The molecule has 1 heterocycles. The molecule has 0 radical (unpaired) electrons. The molecule has 2 nitrogen and oxygen atoms in total. The lowest BCUT2D eigenvalue weighted by molar-refractivity contribution is -0.117. The third-order valence-corrected chi connectivity index (χ3v) is 3.46. The highest BCUT2D eigenvalue weighted by atomic mass is 35.5. The SMILES string of the molecule is O=C1CC(CCl)CN1c1cccc(F)c1Cl. The first kappa shape index (κ1) is 11.7. The van der Waals surface area contributed by atoms with Crippen molar-refractivity contribution in [1.82, 2.24) is 0 Å². The molecule has 0 aromatic heterocycles. The fourth-order valence-corrected chi connectivity index (χ4v) is 2.25. The first-order chi connectivity index (χ1) is 7.63. The summed E-state index contributed by atoms with van der Waals surface area (Å²) in [5.74, 6) is -0.0252. The number of rotatable bonds is 2. The molecule has 0 bridgehead atoms. The number of carbonyl (C=O) groups excluding carboxylic acids is 1. The molecule has 86 valence electrons. The fourth-order valence-electron chi connectivity index (χ4n) is 1.82. The minimum absolute atomic E-state index is 0.00827. The van der Waals surface area contributed by atoms with E-state index in [9.17, 15) is 9.18 Å². The second-order valence-electron chi connectivity index (χ2n) is 3.80. The van der Waals surface area contributed by atoms with Gasteiger partial charge in [0.25, 0.3) is 0 Å². The summed E-state index contributed by atoms with van der Waals surface area (Å²) >= 11 is 11.5. The van der Waals surface area contributed by atoms with Crippen molar-refractivity contribution in [1.29, 1.82) is 0 Å². The average molecular weight is 262 g/mol. The Hall–Kier alpha value is -0.800. The van der Waals surface area contributed by atoms with Gasteiger partial charge in [0.05, 0.1) is 5.69 Å². The monoisotopic (exact) mass is 261 g/mol. The van der Waals surface area contributed by atoms with Crippen molar-refractivity contribution in [3.8, 4) is 0 Å². The number of anilines is 1. The number of hydrogen-bond donors (Lipinski definition) is 0. The maximum absolute atomic E-state index is 13.2. The molecule has 0 aliphatic carbocycles. The molecule has 2 rings (SSSR count). The smallest absolute Gasteiger partial charge is 0.227 e. The zero-order valence-electron chi connectivity index (χ0n) is 8.42. The molecule has 1 aliphatic heterocycles. The average Bonchev–Trinajstić information content (AvgIpc) is 2.64. The third kappa shape index (κ3) is 2.02. The summed E-state index contributed by atoms with van der Waals surface area (Å²) < 4.78 is 13.2. The maximum atomic E-state index is 13.2. The molecule has 1 saturated heterocycles. The second kappa shape index (κ2) is 4.60. The number of nitrogens with zero attached hydrogens (tertiary/aromatic N) is 1. The zero-order valence-corrected chi connectivity index (χ0v) is 9.93. The van der Waals surface area contributed by atoms with Crippen LogP contribution < -0.4 is 4.90 Å². The van der Waals surface area contributed by atoms with Gasteiger partial charge in [0.1, 0.15) is 10.8 Å². The lowest BCUT2D eigenvalue weighted by Crippen LogP contribution is -2.25. The van der Waals surface area contributed by atoms with Crippen molar-refractivity contribution in [2.45, 2.75) is 6.42 Å². The van der Waals surface area contributed by atoms with E-state index in [0.29, 0.717) is 24.5 Å². The summed E-state index contributed by atoms with van der Waals surface area (Å²) in [6.45, 7) is 0.505. The molecule has 1 unspecified atom stereocenters.